The molecule has 1 atom stereocenters. The summed E-state index contributed by atoms with van der Waals surface area (Å²) in [6.07, 6.45) is 4.10. The molecule has 0 radical (unpaired) electrons. The van der Waals surface area contributed by atoms with E-state index in [4.69, 9.17) is 0 Å². The Morgan fingerprint density at radius 2 is 2.16 bits per heavy atom. The molecule has 8 heteroatoms. The van der Waals surface area contributed by atoms with Crippen LogP contribution in [0.1, 0.15) is 22.3 Å². The largest absolute Gasteiger partial charge is 0.348 e. The maximum Gasteiger partial charge on any atom is 0.251 e. The topological polar surface area (TPSA) is 100 Å². The third-order valence-corrected chi connectivity index (χ3v) is 5.39. The number of nitrogens with one attached hydrogen (secondary N) is 3. The first-order valence-corrected chi connectivity index (χ1v) is 9.53. The summed E-state index contributed by atoms with van der Waals surface area (Å²) < 4.78 is 27.4. The number of rotatable bonds is 6. The summed E-state index contributed by atoms with van der Waals surface area (Å²) >= 11 is 0. The molecule has 1 saturated heterocycles. The van der Waals surface area contributed by atoms with Gasteiger partial charge in [-0.3, -0.25) is 9.78 Å². The van der Waals surface area contributed by atoms with Gasteiger partial charge in [-0.05, 0) is 42.8 Å². The van der Waals surface area contributed by atoms with Crippen LogP contribution in [0.3, 0.4) is 0 Å². The van der Waals surface area contributed by atoms with Crippen molar-refractivity contribution in [2.24, 2.45) is 0 Å². The minimum Gasteiger partial charge on any atom is -0.348 e. The fourth-order valence-corrected chi connectivity index (χ4v) is 3.68. The molecular weight excluding hydrogens is 340 g/mol. The average Bonchev–Trinajstić information content (AvgIpc) is 3.14. The van der Waals surface area contributed by atoms with Gasteiger partial charge >= 0.3 is 0 Å². The van der Waals surface area contributed by atoms with Crippen LogP contribution in [0.15, 0.2) is 53.7 Å². The molecule has 3 N–H and O–H groups in total. The van der Waals surface area contributed by atoms with Crippen molar-refractivity contribution in [3.8, 4) is 0 Å². The summed E-state index contributed by atoms with van der Waals surface area (Å²) in [4.78, 5) is 16.3. The van der Waals surface area contributed by atoms with Crippen LogP contribution >= 0.6 is 0 Å². The number of aromatic nitrogens is 1. The van der Waals surface area contributed by atoms with Crippen molar-refractivity contribution in [3.05, 3.63) is 59.9 Å². The number of carbonyl (C=O) groups is 1. The molecule has 7 nitrogen and oxygen atoms in total. The van der Waals surface area contributed by atoms with E-state index in [0.717, 1.165) is 25.1 Å². The Bertz CT molecular complexity index is 834. The molecule has 0 spiro atoms. The molecule has 1 aromatic carbocycles. The van der Waals surface area contributed by atoms with Gasteiger partial charge in [0.2, 0.25) is 10.0 Å². The number of hydrogen-bond donors (Lipinski definition) is 3. The molecule has 0 bridgehead atoms. The zero-order valence-corrected chi connectivity index (χ0v) is 14.4. The van der Waals surface area contributed by atoms with Crippen LogP contribution in [-0.2, 0) is 16.6 Å². The molecule has 0 aliphatic carbocycles. The Balaban J connectivity index is 1.69. The highest BCUT2D eigenvalue weighted by Crippen LogP contribution is 2.13. The van der Waals surface area contributed by atoms with E-state index in [1.807, 2.05) is 0 Å². The van der Waals surface area contributed by atoms with Crippen molar-refractivity contribution in [1.29, 1.82) is 0 Å². The zero-order valence-electron chi connectivity index (χ0n) is 13.6. The molecule has 1 aliphatic rings. The Hall–Kier alpha value is -2.29. The Morgan fingerprint density at radius 3 is 2.88 bits per heavy atom. The minimum absolute atomic E-state index is 0.0635. The van der Waals surface area contributed by atoms with Crippen molar-refractivity contribution >= 4 is 15.9 Å². The summed E-state index contributed by atoms with van der Waals surface area (Å²) in [6.45, 7) is 1.74. The quantitative estimate of drug-likeness (QED) is 0.702. The lowest BCUT2D eigenvalue weighted by Gasteiger charge is -2.12. The van der Waals surface area contributed by atoms with Crippen molar-refractivity contribution < 1.29 is 13.2 Å². The Labute approximate surface area is 146 Å². The monoisotopic (exact) mass is 360 g/mol. The number of nitrogens with zero attached hydrogens (tertiary/aromatic N) is 1. The average molecular weight is 360 g/mol. The predicted octanol–water partition coefficient (Wildman–Crippen LogP) is 0.652. The van der Waals surface area contributed by atoms with E-state index >= 15 is 0 Å². The van der Waals surface area contributed by atoms with Crippen molar-refractivity contribution in [2.45, 2.75) is 23.9 Å². The van der Waals surface area contributed by atoms with Crippen molar-refractivity contribution in [1.82, 2.24) is 20.3 Å². The standard InChI is InChI=1S/C17H20N4O3S/c22-17(21-15-6-8-19-12-15)14-4-1-5-16(9-14)25(23,24)20-11-13-3-2-7-18-10-13/h1-5,7,9-10,15,19-20H,6,8,11-12H2,(H,21,22)/t15-/m0/s1. The maximum absolute atomic E-state index is 12.5. The predicted molar refractivity (Wildman–Crippen MR) is 93.4 cm³/mol. The van der Waals surface area contributed by atoms with Gasteiger partial charge in [-0.15, -0.1) is 0 Å². The Morgan fingerprint density at radius 1 is 1.28 bits per heavy atom. The Kier molecular flexibility index (Phi) is 5.42. The molecule has 132 valence electrons. The molecule has 2 aromatic rings. The fraction of sp³-hybridized carbons (Fsp3) is 0.294. The number of pyridine rings is 1. The van der Waals surface area contributed by atoms with Crippen molar-refractivity contribution in [2.75, 3.05) is 13.1 Å². The van der Waals surface area contributed by atoms with E-state index in [1.165, 1.54) is 12.1 Å². The van der Waals surface area contributed by atoms with Crippen LogP contribution in [0, 0.1) is 0 Å². The molecule has 3 rings (SSSR count). The summed E-state index contributed by atoms with van der Waals surface area (Å²) in [7, 11) is -3.71. The summed E-state index contributed by atoms with van der Waals surface area (Å²) in [5.74, 6) is -0.266. The van der Waals surface area contributed by atoms with E-state index in [0.29, 0.717) is 5.56 Å². The van der Waals surface area contributed by atoms with Crippen LogP contribution in [0.2, 0.25) is 0 Å². The van der Waals surface area contributed by atoms with Gasteiger partial charge in [0, 0.05) is 37.1 Å². The first-order valence-electron chi connectivity index (χ1n) is 8.05. The van der Waals surface area contributed by atoms with Gasteiger partial charge in [-0.2, -0.15) is 0 Å². The molecule has 0 saturated carbocycles. The number of amides is 1. The second kappa shape index (κ2) is 7.73. The molecule has 2 heterocycles. The third kappa shape index (κ3) is 4.62. The normalized spacial score (nSPS) is 17.4. The van der Waals surface area contributed by atoms with Gasteiger partial charge in [0.1, 0.15) is 0 Å². The highest BCUT2D eigenvalue weighted by molar-refractivity contribution is 7.89. The second-order valence-corrected chi connectivity index (χ2v) is 7.64. The number of benzene rings is 1. The molecule has 1 amide bonds. The third-order valence-electron chi connectivity index (χ3n) is 3.99. The van der Waals surface area contributed by atoms with E-state index in [1.54, 1.807) is 36.7 Å². The molecule has 1 fully saturated rings. The lowest BCUT2D eigenvalue weighted by atomic mass is 10.2. The van der Waals surface area contributed by atoms with E-state index in [9.17, 15) is 13.2 Å². The number of sulfonamides is 1. The summed E-state index contributed by atoms with van der Waals surface area (Å²) in [6, 6.07) is 9.65. The first-order chi connectivity index (χ1) is 12.0. The smallest absolute Gasteiger partial charge is 0.251 e. The molecule has 0 unspecified atom stereocenters. The molecule has 1 aromatic heterocycles. The van der Waals surface area contributed by atoms with Gasteiger partial charge in [-0.25, -0.2) is 13.1 Å². The van der Waals surface area contributed by atoms with E-state index < -0.39 is 10.0 Å². The lowest BCUT2D eigenvalue weighted by molar-refractivity contribution is 0.0940. The van der Waals surface area contributed by atoms with Gasteiger partial charge < -0.3 is 10.6 Å². The van der Waals surface area contributed by atoms with Crippen LogP contribution in [-0.4, -0.2) is 38.4 Å². The van der Waals surface area contributed by atoms with Crippen LogP contribution in [0.4, 0.5) is 0 Å². The number of hydrogen-bond acceptors (Lipinski definition) is 5. The van der Waals surface area contributed by atoms with Gasteiger partial charge in [-0.1, -0.05) is 12.1 Å². The highest BCUT2D eigenvalue weighted by atomic mass is 32.2. The van der Waals surface area contributed by atoms with Crippen LogP contribution in [0.25, 0.3) is 0 Å². The first kappa shape index (κ1) is 17.5. The van der Waals surface area contributed by atoms with Gasteiger partial charge in [0.05, 0.1) is 4.90 Å². The zero-order chi connectivity index (χ0) is 17.7. The summed E-state index contributed by atoms with van der Waals surface area (Å²) in [5.41, 5.74) is 1.09. The summed E-state index contributed by atoms with van der Waals surface area (Å²) in [5, 5.41) is 6.08. The second-order valence-electron chi connectivity index (χ2n) is 5.88. The molecule has 25 heavy (non-hydrogen) atoms. The highest BCUT2D eigenvalue weighted by Gasteiger charge is 2.20. The lowest BCUT2D eigenvalue weighted by Crippen LogP contribution is -2.36. The van der Waals surface area contributed by atoms with Crippen molar-refractivity contribution in [3.63, 3.8) is 0 Å². The maximum atomic E-state index is 12.5. The van der Waals surface area contributed by atoms with E-state index in [2.05, 4.69) is 20.3 Å². The van der Waals surface area contributed by atoms with Gasteiger partial charge in [0.15, 0.2) is 0 Å². The van der Waals surface area contributed by atoms with Crippen LogP contribution < -0.4 is 15.4 Å². The van der Waals surface area contributed by atoms with E-state index in [-0.39, 0.29) is 23.4 Å². The molecular formula is C17H20N4O3S. The SMILES string of the molecule is O=C(N[C@H]1CCNC1)c1cccc(S(=O)(=O)NCc2cccnc2)c1. The van der Waals surface area contributed by atoms with Crippen LogP contribution in [0.5, 0.6) is 0 Å². The number of carbonyl (C=O) groups excluding carboxylic acids is 1. The fourth-order valence-electron chi connectivity index (χ4n) is 2.62. The molecule has 1 aliphatic heterocycles. The minimum atomic E-state index is -3.71. The van der Waals surface area contributed by atoms with Gasteiger partial charge in [0.25, 0.3) is 5.91 Å².